The minimum Gasteiger partial charge on any atom is -0.497 e. The van der Waals surface area contributed by atoms with Gasteiger partial charge in [0.1, 0.15) is 11.9 Å². The SMILES string of the molecule is C=C(CO[Si](CC)(CC)CC)[C@H](O[Si](CC)(CC)CC)[C@@H]1O[C@H]1[C@@H](C)COCc1ccc(OC)cc1. The van der Waals surface area contributed by atoms with Crippen LogP contribution in [0.25, 0.3) is 0 Å². The molecular formula is C29H52O5Si2. The van der Waals surface area contributed by atoms with E-state index < -0.39 is 16.6 Å². The molecule has 1 aliphatic heterocycles. The lowest BCUT2D eigenvalue weighted by molar-refractivity contribution is 0.0824. The monoisotopic (exact) mass is 536 g/mol. The van der Waals surface area contributed by atoms with Gasteiger partial charge in [-0.2, -0.15) is 0 Å². The van der Waals surface area contributed by atoms with E-state index in [2.05, 4.69) is 55.0 Å². The summed E-state index contributed by atoms with van der Waals surface area (Å²) in [5.41, 5.74) is 2.19. The van der Waals surface area contributed by atoms with E-state index in [4.69, 9.17) is 23.1 Å². The number of ether oxygens (including phenoxy) is 3. The molecule has 4 atom stereocenters. The van der Waals surface area contributed by atoms with Crippen molar-refractivity contribution in [3.8, 4) is 5.75 Å². The van der Waals surface area contributed by atoms with Gasteiger partial charge in [-0.05, 0) is 59.5 Å². The average molecular weight is 537 g/mol. The Hall–Kier alpha value is -0.966. The molecule has 0 spiro atoms. The van der Waals surface area contributed by atoms with Crippen LogP contribution in [0, 0.1) is 5.92 Å². The Morgan fingerprint density at radius 3 is 1.94 bits per heavy atom. The summed E-state index contributed by atoms with van der Waals surface area (Å²) >= 11 is 0. The predicted octanol–water partition coefficient (Wildman–Crippen LogP) is 7.58. The summed E-state index contributed by atoms with van der Waals surface area (Å²) in [4.78, 5) is 0. The highest BCUT2D eigenvalue weighted by atomic mass is 28.4. The van der Waals surface area contributed by atoms with Crippen LogP contribution in [0.1, 0.15) is 54.0 Å². The van der Waals surface area contributed by atoms with Gasteiger partial charge in [-0.25, -0.2) is 0 Å². The van der Waals surface area contributed by atoms with E-state index in [0.29, 0.717) is 19.8 Å². The van der Waals surface area contributed by atoms with Gasteiger partial charge in [0.25, 0.3) is 0 Å². The third kappa shape index (κ3) is 8.27. The van der Waals surface area contributed by atoms with Crippen molar-refractivity contribution in [3.63, 3.8) is 0 Å². The first-order valence-electron chi connectivity index (χ1n) is 14.1. The summed E-state index contributed by atoms with van der Waals surface area (Å²) in [6.45, 7) is 22.2. The Bertz CT molecular complexity index is 760. The zero-order chi connectivity index (χ0) is 26.8. The van der Waals surface area contributed by atoms with Crippen LogP contribution in [-0.2, 0) is 24.9 Å². The molecule has 1 saturated heterocycles. The van der Waals surface area contributed by atoms with E-state index in [-0.39, 0.29) is 24.2 Å². The maximum atomic E-state index is 7.01. The minimum absolute atomic E-state index is 0.0400. The van der Waals surface area contributed by atoms with E-state index in [9.17, 15) is 0 Å². The van der Waals surface area contributed by atoms with Crippen LogP contribution >= 0.6 is 0 Å². The molecule has 1 aromatic rings. The van der Waals surface area contributed by atoms with Gasteiger partial charge in [0.2, 0.25) is 0 Å². The lowest BCUT2D eigenvalue weighted by atomic mass is 10.0. The van der Waals surface area contributed by atoms with Crippen LogP contribution in [0.3, 0.4) is 0 Å². The summed E-state index contributed by atoms with van der Waals surface area (Å²) in [5.74, 6) is 1.14. The summed E-state index contributed by atoms with van der Waals surface area (Å²) in [5, 5.41) is 0. The second kappa shape index (κ2) is 14.8. The first-order chi connectivity index (χ1) is 17.3. The lowest BCUT2D eigenvalue weighted by Crippen LogP contribution is -2.44. The van der Waals surface area contributed by atoms with Gasteiger partial charge in [-0.3, -0.25) is 0 Å². The Labute approximate surface area is 223 Å². The number of benzene rings is 1. The van der Waals surface area contributed by atoms with Crippen LogP contribution in [0.5, 0.6) is 5.75 Å². The van der Waals surface area contributed by atoms with Gasteiger partial charge >= 0.3 is 0 Å². The third-order valence-corrected chi connectivity index (χ3v) is 17.7. The highest BCUT2D eigenvalue weighted by molar-refractivity contribution is 6.74. The van der Waals surface area contributed by atoms with Crippen molar-refractivity contribution < 1.29 is 23.1 Å². The number of hydrogen-bond acceptors (Lipinski definition) is 5. The third-order valence-electron chi connectivity index (χ3n) is 8.44. The standard InChI is InChI=1S/C29H52O5Si2/c1-10-35(11-2,12-3)32-21-24(8)28(34-36(13-4,14-5)15-6)29-27(33-29)23(7)20-31-22-25-16-18-26(30-9)19-17-25/h16-19,23,27-29H,8,10-15,20-22H2,1-7,9H3/t23-,27-,28-,29+/m0/s1. The number of rotatable bonds is 19. The largest absolute Gasteiger partial charge is 0.497 e. The van der Waals surface area contributed by atoms with Crippen LogP contribution in [0.4, 0.5) is 0 Å². The van der Waals surface area contributed by atoms with Crippen molar-refractivity contribution in [1.82, 2.24) is 0 Å². The highest BCUT2D eigenvalue weighted by Gasteiger charge is 2.51. The fourth-order valence-corrected chi connectivity index (χ4v) is 10.5. The average Bonchev–Trinajstić information content (AvgIpc) is 3.72. The zero-order valence-corrected chi connectivity index (χ0v) is 26.2. The molecule has 7 heteroatoms. The van der Waals surface area contributed by atoms with Crippen LogP contribution in [0.15, 0.2) is 36.4 Å². The van der Waals surface area contributed by atoms with E-state index in [1.807, 2.05) is 24.3 Å². The maximum absolute atomic E-state index is 7.01. The molecule has 0 saturated carbocycles. The molecule has 0 radical (unpaired) electrons. The second-order valence-corrected chi connectivity index (χ2v) is 19.9. The first kappa shape index (κ1) is 31.3. The molecule has 0 amide bonds. The quantitative estimate of drug-likeness (QED) is 0.104. The van der Waals surface area contributed by atoms with Gasteiger partial charge in [0, 0.05) is 5.92 Å². The molecule has 36 heavy (non-hydrogen) atoms. The first-order valence-corrected chi connectivity index (χ1v) is 19.2. The summed E-state index contributed by atoms with van der Waals surface area (Å²) in [6, 6.07) is 14.8. The van der Waals surface area contributed by atoms with E-state index in [1.165, 1.54) is 0 Å². The van der Waals surface area contributed by atoms with E-state index in [0.717, 1.165) is 53.2 Å². The molecule has 0 bridgehead atoms. The molecule has 206 valence electrons. The van der Waals surface area contributed by atoms with Gasteiger partial charge in [0.05, 0.1) is 39.1 Å². The highest BCUT2D eigenvalue weighted by Crippen LogP contribution is 2.39. The Morgan fingerprint density at radius 1 is 0.889 bits per heavy atom. The van der Waals surface area contributed by atoms with Crippen LogP contribution in [0.2, 0.25) is 36.3 Å². The molecule has 1 fully saturated rings. The molecule has 1 aliphatic rings. The zero-order valence-electron chi connectivity index (χ0n) is 24.2. The summed E-state index contributed by atoms with van der Waals surface area (Å²) in [7, 11) is -1.85. The molecular weight excluding hydrogens is 484 g/mol. The van der Waals surface area contributed by atoms with Gasteiger partial charge < -0.3 is 23.1 Å². The Balaban J connectivity index is 2.02. The molecule has 0 unspecified atom stereocenters. The summed E-state index contributed by atoms with van der Waals surface area (Å²) in [6.07, 6.45) is 0.0754. The maximum Gasteiger partial charge on any atom is 0.193 e. The molecule has 0 aromatic heterocycles. The molecule has 0 N–H and O–H groups in total. The molecule has 1 heterocycles. The topological polar surface area (TPSA) is 49.5 Å². The number of methoxy groups -OCH3 is 1. The predicted molar refractivity (Wildman–Crippen MR) is 155 cm³/mol. The Kier molecular flexibility index (Phi) is 12.9. The van der Waals surface area contributed by atoms with Crippen molar-refractivity contribution >= 4 is 16.6 Å². The smallest absolute Gasteiger partial charge is 0.193 e. The van der Waals surface area contributed by atoms with Crippen molar-refractivity contribution in [1.29, 1.82) is 0 Å². The van der Waals surface area contributed by atoms with Gasteiger partial charge in [0.15, 0.2) is 16.6 Å². The van der Waals surface area contributed by atoms with Crippen molar-refractivity contribution in [2.45, 2.75) is 110 Å². The van der Waals surface area contributed by atoms with Crippen molar-refractivity contribution in [2.24, 2.45) is 5.92 Å². The van der Waals surface area contributed by atoms with Crippen molar-refractivity contribution in [3.05, 3.63) is 42.0 Å². The fraction of sp³-hybridized carbons (Fsp3) is 0.724. The van der Waals surface area contributed by atoms with Crippen molar-refractivity contribution in [2.75, 3.05) is 20.3 Å². The molecule has 1 aromatic carbocycles. The van der Waals surface area contributed by atoms with E-state index >= 15 is 0 Å². The molecule has 5 nitrogen and oxygen atoms in total. The minimum atomic E-state index is -1.83. The Morgan fingerprint density at radius 2 is 1.44 bits per heavy atom. The molecule has 2 rings (SSSR count). The van der Waals surface area contributed by atoms with Crippen LogP contribution in [-0.4, -0.2) is 55.3 Å². The van der Waals surface area contributed by atoms with Crippen LogP contribution < -0.4 is 4.74 Å². The summed E-state index contributed by atoms with van der Waals surface area (Å²) < 4.78 is 31.2. The second-order valence-electron chi connectivity index (χ2n) is 10.4. The van der Waals surface area contributed by atoms with Gasteiger partial charge in [-0.1, -0.05) is 67.2 Å². The molecule has 0 aliphatic carbocycles. The van der Waals surface area contributed by atoms with E-state index in [1.54, 1.807) is 7.11 Å². The number of hydrogen-bond donors (Lipinski definition) is 0. The normalized spacial score (nSPS) is 19.7. The number of epoxide rings is 1. The lowest BCUT2D eigenvalue weighted by Gasteiger charge is -2.35. The van der Waals surface area contributed by atoms with Gasteiger partial charge in [-0.15, -0.1) is 0 Å². The fourth-order valence-electron chi connectivity index (χ4n) is 5.05.